The molecule has 162 valence electrons. The van der Waals surface area contributed by atoms with Gasteiger partial charge < -0.3 is 4.74 Å². The van der Waals surface area contributed by atoms with E-state index in [9.17, 15) is 22.8 Å². The van der Waals surface area contributed by atoms with Gasteiger partial charge in [-0.1, -0.05) is 48.5 Å². The summed E-state index contributed by atoms with van der Waals surface area (Å²) in [7, 11) is 1.19. The van der Waals surface area contributed by atoms with Crippen LogP contribution >= 0.6 is 0 Å². The summed E-state index contributed by atoms with van der Waals surface area (Å²) in [5.74, 6) is -1.34. The second-order valence-corrected chi connectivity index (χ2v) is 7.27. The van der Waals surface area contributed by atoms with Crippen molar-refractivity contribution in [2.75, 3.05) is 12.0 Å². The van der Waals surface area contributed by atoms with Crippen molar-refractivity contribution in [1.82, 2.24) is 0 Å². The quantitative estimate of drug-likeness (QED) is 0.388. The van der Waals surface area contributed by atoms with Gasteiger partial charge in [-0.15, -0.1) is 0 Å². The Morgan fingerprint density at radius 1 is 1.00 bits per heavy atom. The van der Waals surface area contributed by atoms with Gasteiger partial charge in [-0.05, 0) is 47.5 Å². The van der Waals surface area contributed by atoms with Crippen molar-refractivity contribution in [1.29, 1.82) is 0 Å². The largest absolute Gasteiger partial charge is 0.465 e. The maximum Gasteiger partial charge on any atom is 0.416 e. The highest BCUT2D eigenvalue weighted by Gasteiger charge is 2.39. The van der Waals surface area contributed by atoms with E-state index in [0.29, 0.717) is 5.56 Å². The molecular formula is C25H18F3NO3. The average Bonchev–Trinajstić information content (AvgIpc) is 3.02. The Morgan fingerprint density at radius 3 is 2.41 bits per heavy atom. The minimum absolute atomic E-state index is 0.0165. The van der Waals surface area contributed by atoms with Crippen molar-refractivity contribution >= 4 is 34.4 Å². The molecule has 1 heterocycles. The number of carbonyl (C=O) groups excluding carboxylic acids is 2. The van der Waals surface area contributed by atoms with E-state index in [1.807, 2.05) is 36.4 Å². The summed E-state index contributed by atoms with van der Waals surface area (Å²) in [5.41, 5.74) is 0.108. The summed E-state index contributed by atoms with van der Waals surface area (Å²) in [4.78, 5) is 27.0. The van der Waals surface area contributed by atoms with Crippen molar-refractivity contribution in [3.63, 3.8) is 0 Å². The van der Waals surface area contributed by atoms with Crippen molar-refractivity contribution in [3.05, 3.63) is 94.7 Å². The number of ether oxygens (including phenoxy) is 1. The summed E-state index contributed by atoms with van der Waals surface area (Å²) >= 11 is 0. The number of carbonyl (C=O) groups is 2. The standard InChI is InChI=1S/C25H18F3NO3/c1-15-22(24(31)32-2)21(13-17-9-5-8-16-7-3-4-12-20(16)17)23(30)29(15)19-11-6-10-18(14-19)25(26,27)28/h3-14H,1-2H3/b21-13-. The number of fused-ring (bicyclic) bond motifs is 1. The van der Waals surface area contributed by atoms with E-state index in [-0.39, 0.29) is 22.5 Å². The Bertz CT molecular complexity index is 1300. The molecule has 0 unspecified atom stereocenters. The lowest BCUT2D eigenvalue weighted by molar-refractivity contribution is -0.137. The number of nitrogens with zero attached hydrogens (tertiary/aromatic N) is 1. The molecular weight excluding hydrogens is 419 g/mol. The van der Waals surface area contributed by atoms with E-state index in [1.165, 1.54) is 26.2 Å². The van der Waals surface area contributed by atoms with Crippen LogP contribution in [-0.2, 0) is 20.5 Å². The van der Waals surface area contributed by atoms with Gasteiger partial charge in [0.1, 0.15) is 0 Å². The number of amides is 1. The topological polar surface area (TPSA) is 46.6 Å². The van der Waals surface area contributed by atoms with Crippen LogP contribution in [0.2, 0.25) is 0 Å². The lowest BCUT2D eigenvalue weighted by Gasteiger charge is -2.19. The van der Waals surface area contributed by atoms with Gasteiger partial charge in [0.25, 0.3) is 5.91 Å². The van der Waals surface area contributed by atoms with Crippen LogP contribution < -0.4 is 4.90 Å². The molecule has 0 saturated carbocycles. The molecule has 0 aliphatic carbocycles. The molecule has 32 heavy (non-hydrogen) atoms. The third kappa shape index (κ3) is 3.66. The molecule has 0 spiro atoms. The van der Waals surface area contributed by atoms with Gasteiger partial charge in [-0.25, -0.2) is 4.79 Å². The van der Waals surface area contributed by atoms with Crippen LogP contribution in [0.25, 0.3) is 16.8 Å². The predicted molar refractivity (Wildman–Crippen MR) is 116 cm³/mol. The van der Waals surface area contributed by atoms with Crippen LogP contribution in [0.15, 0.2) is 83.6 Å². The second-order valence-electron chi connectivity index (χ2n) is 7.27. The molecule has 0 saturated heterocycles. The second kappa shape index (κ2) is 8.00. The molecule has 0 aromatic heterocycles. The maximum atomic E-state index is 13.4. The Balaban J connectivity index is 1.89. The number of methoxy groups -OCH3 is 1. The molecule has 4 rings (SSSR count). The monoisotopic (exact) mass is 437 g/mol. The molecule has 0 bridgehead atoms. The van der Waals surface area contributed by atoms with Gasteiger partial charge in [0, 0.05) is 11.4 Å². The maximum absolute atomic E-state index is 13.4. The molecule has 1 aliphatic rings. The summed E-state index contributed by atoms with van der Waals surface area (Å²) in [6, 6.07) is 17.5. The van der Waals surface area contributed by atoms with Gasteiger partial charge in [0.05, 0.1) is 23.8 Å². The summed E-state index contributed by atoms with van der Waals surface area (Å²) in [6.45, 7) is 1.51. The Labute approximate surface area is 182 Å². The van der Waals surface area contributed by atoms with Crippen LogP contribution in [0.1, 0.15) is 18.1 Å². The van der Waals surface area contributed by atoms with Crippen molar-refractivity contribution < 1.29 is 27.5 Å². The molecule has 1 amide bonds. The molecule has 7 heteroatoms. The van der Waals surface area contributed by atoms with E-state index >= 15 is 0 Å². The highest BCUT2D eigenvalue weighted by molar-refractivity contribution is 6.24. The number of allylic oxidation sites excluding steroid dienone is 1. The van der Waals surface area contributed by atoms with Gasteiger partial charge in [0.2, 0.25) is 0 Å². The Morgan fingerprint density at radius 2 is 1.69 bits per heavy atom. The normalized spacial score (nSPS) is 15.7. The summed E-state index contributed by atoms with van der Waals surface area (Å²) in [5, 5.41) is 1.82. The molecule has 0 fully saturated rings. The molecule has 1 aliphatic heterocycles. The number of hydrogen-bond donors (Lipinski definition) is 0. The molecule has 0 N–H and O–H groups in total. The van der Waals surface area contributed by atoms with Crippen LogP contribution in [0, 0.1) is 0 Å². The van der Waals surface area contributed by atoms with E-state index < -0.39 is 23.6 Å². The Kier molecular flexibility index (Phi) is 5.34. The van der Waals surface area contributed by atoms with Crippen LogP contribution in [-0.4, -0.2) is 19.0 Å². The van der Waals surface area contributed by atoms with Crippen molar-refractivity contribution in [3.8, 4) is 0 Å². The summed E-state index contributed by atoms with van der Waals surface area (Å²) in [6.07, 6.45) is -2.99. The zero-order valence-corrected chi connectivity index (χ0v) is 17.2. The van der Waals surface area contributed by atoms with E-state index in [2.05, 4.69) is 0 Å². The zero-order chi connectivity index (χ0) is 23.0. The lowest BCUT2D eigenvalue weighted by Crippen LogP contribution is -2.25. The third-order valence-electron chi connectivity index (χ3n) is 5.34. The van der Waals surface area contributed by atoms with E-state index in [0.717, 1.165) is 27.8 Å². The SMILES string of the molecule is COC(=O)C1=C(C)N(c2cccc(C(F)(F)F)c2)C(=O)/C1=C\c1cccc2ccccc12. The van der Waals surface area contributed by atoms with Crippen LogP contribution in [0.4, 0.5) is 18.9 Å². The number of alkyl halides is 3. The number of halogens is 3. The number of esters is 1. The van der Waals surface area contributed by atoms with Gasteiger partial charge >= 0.3 is 12.1 Å². The lowest BCUT2D eigenvalue weighted by atomic mass is 9.99. The molecule has 4 nitrogen and oxygen atoms in total. The number of anilines is 1. The fourth-order valence-electron chi connectivity index (χ4n) is 3.84. The minimum Gasteiger partial charge on any atom is -0.465 e. The zero-order valence-electron chi connectivity index (χ0n) is 17.2. The van der Waals surface area contributed by atoms with E-state index in [1.54, 1.807) is 12.1 Å². The van der Waals surface area contributed by atoms with Crippen molar-refractivity contribution in [2.24, 2.45) is 0 Å². The fraction of sp³-hybridized carbons (Fsp3) is 0.120. The third-order valence-corrected chi connectivity index (χ3v) is 5.34. The number of rotatable bonds is 3. The smallest absolute Gasteiger partial charge is 0.416 e. The Hall–Kier alpha value is -3.87. The van der Waals surface area contributed by atoms with Gasteiger partial charge in [-0.2, -0.15) is 13.2 Å². The molecule has 3 aromatic carbocycles. The summed E-state index contributed by atoms with van der Waals surface area (Å²) < 4.78 is 44.5. The predicted octanol–water partition coefficient (Wildman–Crippen LogP) is 5.74. The van der Waals surface area contributed by atoms with E-state index in [4.69, 9.17) is 4.74 Å². The first-order valence-electron chi connectivity index (χ1n) is 9.73. The molecule has 0 atom stereocenters. The highest BCUT2D eigenvalue weighted by Crippen LogP contribution is 2.38. The van der Waals surface area contributed by atoms with Crippen LogP contribution in [0.5, 0.6) is 0 Å². The average molecular weight is 437 g/mol. The number of hydrogen-bond acceptors (Lipinski definition) is 3. The fourth-order valence-corrected chi connectivity index (χ4v) is 3.84. The first-order valence-corrected chi connectivity index (χ1v) is 9.73. The van der Waals surface area contributed by atoms with Crippen LogP contribution in [0.3, 0.4) is 0 Å². The first-order chi connectivity index (χ1) is 15.2. The van der Waals surface area contributed by atoms with Gasteiger partial charge in [0.15, 0.2) is 0 Å². The highest BCUT2D eigenvalue weighted by atomic mass is 19.4. The molecule has 0 radical (unpaired) electrons. The van der Waals surface area contributed by atoms with Crippen molar-refractivity contribution in [2.45, 2.75) is 13.1 Å². The van der Waals surface area contributed by atoms with Gasteiger partial charge in [-0.3, -0.25) is 9.69 Å². The minimum atomic E-state index is -4.57. The molecule has 3 aromatic rings. The number of benzene rings is 3. The first kappa shape index (κ1) is 21.4.